The Balaban J connectivity index is 2.30. The molecule has 0 radical (unpaired) electrons. The number of ketones is 1. The SMILES string of the molecule is CCn1ncc(OC)c1C(=O)C(C)(C)N1CCCCCC1. The maximum Gasteiger partial charge on any atom is 0.204 e. The van der Waals surface area contributed by atoms with Crippen LogP contribution >= 0.6 is 0 Å². The highest BCUT2D eigenvalue weighted by Crippen LogP contribution is 2.28. The fourth-order valence-electron chi connectivity index (χ4n) is 3.05. The first-order valence-electron chi connectivity index (χ1n) is 7.92. The van der Waals surface area contributed by atoms with Crippen molar-refractivity contribution < 1.29 is 9.53 Å². The molecule has 1 saturated heterocycles. The first-order valence-corrected chi connectivity index (χ1v) is 7.92. The number of Topliss-reactive ketones (excluding diaryl/α,β-unsaturated/α-hetero) is 1. The second-order valence-corrected chi connectivity index (χ2v) is 6.17. The van der Waals surface area contributed by atoms with E-state index in [1.165, 1.54) is 25.7 Å². The van der Waals surface area contributed by atoms with E-state index in [0.717, 1.165) is 13.1 Å². The quantitative estimate of drug-likeness (QED) is 0.783. The van der Waals surface area contributed by atoms with Crippen LogP contribution in [0.25, 0.3) is 0 Å². The summed E-state index contributed by atoms with van der Waals surface area (Å²) in [4.78, 5) is 15.4. The number of carbonyl (C=O) groups excluding carboxylic acids is 1. The van der Waals surface area contributed by atoms with Crippen LogP contribution in [0.15, 0.2) is 6.20 Å². The average Bonchev–Trinajstić information content (AvgIpc) is 2.69. The molecule has 0 bridgehead atoms. The number of hydrogen-bond acceptors (Lipinski definition) is 4. The Morgan fingerprint density at radius 1 is 1.29 bits per heavy atom. The molecule has 2 rings (SSSR count). The molecule has 0 aliphatic carbocycles. The molecule has 1 aliphatic rings. The second-order valence-electron chi connectivity index (χ2n) is 6.17. The van der Waals surface area contributed by atoms with Crippen molar-refractivity contribution in [3.05, 3.63) is 11.9 Å². The predicted molar refractivity (Wildman–Crippen MR) is 82.9 cm³/mol. The number of ether oxygens (including phenoxy) is 1. The van der Waals surface area contributed by atoms with Gasteiger partial charge < -0.3 is 4.74 Å². The van der Waals surface area contributed by atoms with E-state index in [2.05, 4.69) is 10.00 Å². The summed E-state index contributed by atoms with van der Waals surface area (Å²) < 4.78 is 7.07. The average molecular weight is 293 g/mol. The monoisotopic (exact) mass is 293 g/mol. The van der Waals surface area contributed by atoms with Gasteiger partial charge in [0, 0.05) is 6.54 Å². The molecule has 0 spiro atoms. The highest BCUT2D eigenvalue weighted by Gasteiger charge is 2.38. The molecule has 2 heterocycles. The Morgan fingerprint density at radius 2 is 1.90 bits per heavy atom. The van der Waals surface area contributed by atoms with E-state index in [1.807, 2.05) is 20.8 Å². The summed E-state index contributed by atoms with van der Waals surface area (Å²) in [5.41, 5.74) is 0.0687. The van der Waals surface area contributed by atoms with E-state index in [9.17, 15) is 4.79 Å². The van der Waals surface area contributed by atoms with Crippen molar-refractivity contribution in [3.63, 3.8) is 0 Å². The van der Waals surface area contributed by atoms with Crippen LogP contribution in [-0.2, 0) is 6.54 Å². The van der Waals surface area contributed by atoms with Crippen molar-refractivity contribution in [3.8, 4) is 5.75 Å². The van der Waals surface area contributed by atoms with Gasteiger partial charge in [-0.1, -0.05) is 12.8 Å². The van der Waals surface area contributed by atoms with Gasteiger partial charge in [-0.3, -0.25) is 14.4 Å². The van der Waals surface area contributed by atoms with E-state index in [4.69, 9.17) is 4.74 Å². The van der Waals surface area contributed by atoms with E-state index in [0.29, 0.717) is 18.0 Å². The van der Waals surface area contributed by atoms with Crippen molar-refractivity contribution in [1.29, 1.82) is 0 Å². The molecule has 0 saturated carbocycles. The molecular weight excluding hydrogens is 266 g/mol. The van der Waals surface area contributed by atoms with Crippen molar-refractivity contribution in [2.75, 3.05) is 20.2 Å². The van der Waals surface area contributed by atoms with Gasteiger partial charge in [0.05, 0.1) is 18.8 Å². The molecule has 1 aromatic heterocycles. The zero-order chi connectivity index (χ0) is 15.5. The van der Waals surface area contributed by atoms with Crippen LogP contribution in [0.5, 0.6) is 5.75 Å². The smallest absolute Gasteiger partial charge is 0.204 e. The van der Waals surface area contributed by atoms with Gasteiger partial charge in [0.2, 0.25) is 5.78 Å². The lowest BCUT2D eigenvalue weighted by Crippen LogP contribution is -2.51. The third-order valence-corrected chi connectivity index (χ3v) is 4.49. The highest BCUT2D eigenvalue weighted by atomic mass is 16.5. The summed E-state index contributed by atoms with van der Waals surface area (Å²) in [6.07, 6.45) is 6.49. The molecule has 1 aliphatic heterocycles. The summed E-state index contributed by atoms with van der Waals surface area (Å²) >= 11 is 0. The number of methoxy groups -OCH3 is 1. The van der Waals surface area contributed by atoms with Crippen LogP contribution in [0.3, 0.4) is 0 Å². The number of aromatic nitrogens is 2. The predicted octanol–water partition coefficient (Wildman–Crippen LogP) is 2.75. The first kappa shape index (κ1) is 16.0. The van der Waals surface area contributed by atoms with Crippen molar-refractivity contribution in [2.45, 2.75) is 58.5 Å². The first-order chi connectivity index (χ1) is 10.0. The van der Waals surface area contributed by atoms with E-state index in [-0.39, 0.29) is 5.78 Å². The molecular formula is C16H27N3O2. The standard InChI is InChI=1S/C16H27N3O2/c1-5-19-14(13(21-4)12-17-19)15(20)16(2,3)18-10-8-6-7-9-11-18/h12H,5-11H2,1-4H3. The molecule has 5 nitrogen and oxygen atoms in total. The van der Waals surface area contributed by atoms with Crippen LogP contribution in [0.2, 0.25) is 0 Å². The molecule has 1 fully saturated rings. The van der Waals surface area contributed by atoms with Crippen molar-refractivity contribution in [2.24, 2.45) is 0 Å². The fourth-order valence-corrected chi connectivity index (χ4v) is 3.05. The Kier molecular flexibility index (Phi) is 5.04. The van der Waals surface area contributed by atoms with E-state index < -0.39 is 5.54 Å². The molecule has 118 valence electrons. The molecule has 21 heavy (non-hydrogen) atoms. The number of hydrogen-bond donors (Lipinski definition) is 0. The van der Waals surface area contributed by atoms with Crippen molar-refractivity contribution in [1.82, 2.24) is 14.7 Å². The lowest BCUT2D eigenvalue weighted by Gasteiger charge is -2.36. The van der Waals surface area contributed by atoms with Crippen LogP contribution in [0.1, 0.15) is 56.9 Å². The summed E-state index contributed by atoms with van der Waals surface area (Å²) in [7, 11) is 1.59. The molecule has 1 aromatic rings. The Hall–Kier alpha value is -1.36. The second kappa shape index (κ2) is 6.60. The zero-order valence-corrected chi connectivity index (χ0v) is 13.7. The maximum absolute atomic E-state index is 13.1. The normalized spacial score (nSPS) is 17.5. The highest BCUT2D eigenvalue weighted by molar-refractivity contribution is 6.03. The van der Waals surface area contributed by atoms with Crippen LogP contribution in [0, 0.1) is 0 Å². The van der Waals surface area contributed by atoms with Gasteiger partial charge >= 0.3 is 0 Å². The molecule has 0 aromatic carbocycles. The Bertz CT molecular complexity index is 464. The molecule has 0 unspecified atom stereocenters. The number of likely N-dealkylation sites (tertiary alicyclic amines) is 1. The Labute approximate surface area is 127 Å². The van der Waals surface area contributed by atoms with Gasteiger partial charge in [-0.15, -0.1) is 0 Å². The van der Waals surface area contributed by atoms with Gasteiger partial charge in [-0.05, 0) is 46.7 Å². The van der Waals surface area contributed by atoms with Gasteiger partial charge in [0.25, 0.3) is 0 Å². The third-order valence-electron chi connectivity index (χ3n) is 4.49. The van der Waals surface area contributed by atoms with Crippen LogP contribution in [0.4, 0.5) is 0 Å². The summed E-state index contributed by atoms with van der Waals surface area (Å²) in [6.45, 7) is 8.67. The number of carbonyl (C=O) groups is 1. The maximum atomic E-state index is 13.1. The number of aryl methyl sites for hydroxylation is 1. The van der Waals surface area contributed by atoms with E-state index in [1.54, 1.807) is 18.0 Å². The largest absolute Gasteiger partial charge is 0.493 e. The minimum absolute atomic E-state index is 0.0978. The van der Waals surface area contributed by atoms with Crippen LogP contribution < -0.4 is 4.74 Å². The molecule has 5 heteroatoms. The minimum atomic E-state index is -0.523. The number of nitrogens with zero attached hydrogens (tertiary/aromatic N) is 3. The topological polar surface area (TPSA) is 47.4 Å². The molecule has 0 N–H and O–H groups in total. The lowest BCUT2D eigenvalue weighted by molar-refractivity contribution is 0.0635. The number of rotatable bonds is 5. The van der Waals surface area contributed by atoms with Crippen molar-refractivity contribution >= 4 is 5.78 Å². The van der Waals surface area contributed by atoms with Gasteiger partial charge in [-0.2, -0.15) is 5.10 Å². The zero-order valence-electron chi connectivity index (χ0n) is 13.7. The van der Waals surface area contributed by atoms with E-state index >= 15 is 0 Å². The van der Waals surface area contributed by atoms with Gasteiger partial charge in [0.15, 0.2) is 5.75 Å². The van der Waals surface area contributed by atoms with Gasteiger partial charge in [0.1, 0.15) is 5.69 Å². The fraction of sp³-hybridized carbons (Fsp3) is 0.750. The minimum Gasteiger partial charge on any atom is -0.493 e. The summed E-state index contributed by atoms with van der Waals surface area (Å²) in [5.74, 6) is 0.672. The lowest BCUT2D eigenvalue weighted by atomic mass is 9.93. The van der Waals surface area contributed by atoms with Gasteiger partial charge in [-0.25, -0.2) is 0 Å². The third kappa shape index (κ3) is 3.12. The summed E-state index contributed by atoms with van der Waals surface area (Å²) in [5, 5.41) is 4.26. The van der Waals surface area contributed by atoms with Crippen LogP contribution in [-0.4, -0.2) is 46.2 Å². The Morgan fingerprint density at radius 3 is 2.43 bits per heavy atom. The molecule has 0 atom stereocenters. The summed E-state index contributed by atoms with van der Waals surface area (Å²) in [6, 6.07) is 0. The molecule has 0 amide bonds.